The van der Waals surface area contributed by atoms with Crippen molar-refractivity contribution < 1.29 is 14.3 Å². The Labute approximate surface area is 85.0 Å². The first-order valence-corrected chi connectivity index (χ1v) is 5.17. The maximum atomic E-state index is 11.3. The van der Waals surface area contributed by atoms with Crippen LogP contribution in [0.3, 0.4) is 0 Å². The minimum Gasteiger partial charge on any atom is -0.466 e. The van der Waals surface area contributed by atoms with E-state index in [1.165, 1.54) is 0 Å². The van der Waals surface area contributed by atoms with Gasteiger partial charge in [-0.3, -0.25) is 4.79 Å². The van der Waals surface area contributed by atoms with E-state index in [9.17, 15) is 4.79 Å². The molecule has 14 heavy (non-hydrogen) atoms. The third-order valence-electron chi connectivity index (χ3n) is 2.60. The highest BCUT2D eigenvalue weighted by Gasteiger charge is 2.27. The average Bonchev–Trinajstić information content (AvgIpc) is 2.19. The van der Waals surface area contributed by atoms with E-state index in [1.54, 1.807) is 7.11 Å². The standard InChI is InChI=1S/C10H19NO3/c1-3-14-10(12)6-8-4-5-11-7-9(8)13-2/h8-9,11H,3-7H2,1-2H3. The molecule has 0 aliphatic carbocycles. The number of esters is 1. The summed E-state index contributed by atoms with van der Waals surface area (Å²) in [6, 6.07) is 0. The summed E-state index contributed by atoms with van der Waals surface area (Å²) in [6.45, 7) is 4.08. The van der Waals surface area contributed by atoms with Gasteiger partial charge in [0.05, 0.1) is 19.1 Å². The van der Waals surface area contributed by atoms with Crippen LogP contribution in [0.5, 0.6) is 0 Å². The number of rotatable bonds is 4. The molecule has 1 rings (SSSR count). The molecule has 4 heteroatoms. The normalized spacial score (nSPS) is 27.3. The maximum Gasteiger partial charge on any atom is 0.306 e. The highest BCUT2D eigenvalue weighted by molar-refractivity contribution is 5.69. The minimum atomic E-state index is -0.110. The second kappa shape index (κ2) is 5.98. The van der Waals surface area contributed by atoms with E-state index in [-0.39, 0.29) is 12.1 Å². The highest BCUT2D eigenvalue weighted by atomic mass is 16.5. The number of carbonyl (C=O) groups excluding carboxylic acids is 1. The van der Waals surface area contributed by atoms with Gasteiger partial charge >= 0.3 is 5.97 Å². The number of hydrogen-bond donors (Lipinski definition) is 1. The van der Waals surface area contributed by atoms with E-state index in [0.717, 1.165) is 19.5 Å². The van der Waals surface area contributed by atoms with Crippen molar-refractivity contribution in [1.82, 2.24) is 5.32 Å². The number of ether oxygens (including phenoxy) is 2. The Kier molecular flexibility index (Phi) is 4.90. The first kappa shape index (κ1) is 11.5. The highest BCUT2D eigenvalue weighted by Crippen LogP contribution is 2.19. The summed E-state index contributed by atoms with van der Waals surface area (Å²) in [5.41, 5.74) is 0. The quantitative estimate of drug-likeness (QED) is 0.675. The summed E-state index contributed by atoms with van der Waals surface area (Å²) in [4.78, 5) is 11.3. The fourth-order valence-corrected chi connectivity index (χ4v) is 1.83. The fraction of sp³-hybridized carbons (Fsp3) is 0.900. The van der Waals surface area contributed by atoms with Gasteiger partial charge in [-0.05, 0) is 25.8 Å². The van der Waals surface area contributed by atoms with Gasteiger partial charge in [-0.2, -0.15) is 0 Å². The van der Waals surface area contributed by atoms with Crippen LogP contribution in [0.2, 0.25) is 0 Å². The molecule has 4 nitrogen and oxygen atoms in total. The molecule has 1 aliphatic heterocycles. The molecule has 1 heterocycles. The zero-order valence-electron chi connectivity index (χ0n) is 8.91. The largest absolute Gasteiger partial charge is 0.466 e. The average molecular weight is 201 g/mol. The molecule has 0 radical (unpaired) electrons. The van der Waals surface area contributed by atoms with E-state index in [4.69, 9.17) is 9.47 Å². The Morgan fingerprint density at radius 1 is 1.57 bits per heavy atom. The Morgan fingerprint density at radius 2 is 2.36 bits per heavy atom. The first-order valence-electron chi connectivity index (χ1n) is 5.17. The van der Waals surface area contributed by atoms with Crippen molar-refractivity contribution in [2.45, 2.75) is 25.9 Å². The van der Waals surface area contributed by atoms with Crippen molar-refractivity contribution in [3.05, 3.63) is 0 Å². The molecule has 0 aromatic rings. The van der Waals surface area contributed by atoms with Crippen LogP contribution >= 0.6 is 0 Å². The lowest BCUT2D eigenvalue weighted by Crippen LogP contribution is -2.42. The van der Waals surface area contributed by atoms with Gasteiger partial charge in [-0.25, -0.2) is 0 Å². The van der Waals surface area contributed by atoms with E-state index < -0.39 is 0 Å². The lowest BCUT2D eigenvalue weighted by atomic mass is 9.92. The Balaban J connectivity index is 2.36. The summed E-state index contributed by atoms with van der Waals surface area (Å²) in [5.74, 6) is 0.196. The topological polar surface area (TPSA) is 47.6 Å². The van der Waals surface area contributed by atoms with Crippen LogP contribution in [0, 0.1) is 5.92 Å². The van der Waals surface area contributed by atoms with Crippen molar-refractivity contribution in [3.63, 3.8) is 0 Å². The molecule has 0 spiro atoms. The molecule has 0 bridgehead atoms. The molecule has 1 saturated heterocycles. The van der Waals surface area contributed by atoms with E-state index >= 15 is 0 Å². The van der Waals surface area contributed by atoms with Crippen molar-refractivity contribution in [3.8, 4) is 0 Å². The zero-order chi connectivity index (χ0) is 10.4. The molecular weight excluding hydrogens is 182 g/mol. The Morgan fingerprint density at radius 3 is 3.00 bits per heavy atom. The molecular formula is C10H19NO3. The second-order valence-corrected chi connectivity index (χ2v) is 3.54. The molecule has 0 aromatic carbocycles. The Bertz CT molecular complexity index is 184. The van der Waals surface area contributed by atoms with Crippen molar-refractivity contribution >= 4 is 5.97 Å². The molecule has 0 saturated carbocycles. The predicted octanol–water partition coefficient (Wildman–Crippen LogP) is 0.564. The summed E-state index contributed by atoms with van der Waals surface area (Å²) >= 11 is 0. The van der Waals surface area contributed by atoms with Crippen LogP contribution in [-0.4, -0.2) is 38.9 Å². The third-order valence-corrected chi connectivity index (χ3v) is 2.60. The van der Waals surface area contributed by atoms with Crippen LogP contribution < -0.4 is 5.32 Å². The molecule has 1 fully saturated rings. The van der Waals surface area contributed by atoms with Gasteiger partial charge in [0.25, 0.3) is 0 Å². The minimum absolute atomic E-state index is 0.110. The lowest BCUT2D eigenvalue weighted by molar-refractivity contribution is -0.145. The van der Waals surface area contributed by atoms with Gasteiger partial charge in [-0.1, -0.05) is 0 Å². The fourth-order valence-electron chi connectivity index (χ4n) is 1.83. The third kappa shape index (κ3) is 3.27. The molecule has 2 unspecified atom stereocenters. The summed E-state index contributed by atoms with van der Waals surface area (Å²) in [7, 11) is 1.69. The van der Waals surface area contributed by atoms with Crippen LogP contribution in [-0.2, 0) is 14.3 Å². The van der Waals surface area contributed by atoms with Crippen LogP contribution in [0.25, 0.3) is 0 Å². The van der Waals surface area contributed by atoms with Gasteiger partial charge < -0.3 is 14.8 Å². The number of piperidine rings is 1. The monoisotopic (exact) mass is 201 g/mol. The molecule has 82 valence electrons. The van der Waals surface area contributed by atoms with E-state index in [0.29, 0.717) is 18.9 Å². The molecule has 0 amide bonds. The van der Waals surface area contributed by atoms with Crippen molar-refractivity contribution in [2.75, 3.05) is 26.8 Å². The zero-order valence-corrected chi connectivity index (χ0v) is 8.91. The number of nitrogens with one attached hydrogen (secondary N) is 1. The predicted molar refractivity (Wildman–Crippen MR) is 53.0 cm³/mol. The van der Waals surface area contributed by atoms with Crippen LogP contribution in [0.4, 0.5) is 0 Å². The van der Waals surface area contributed by atoms with Gasteiger partial charge in [0, 0.05) is 13.7 Å². The second-order valence-electron chi connectivity index (χ2n) is 3.54. The summed E-state index contributed by atoms with van der Waals surface area (Å²) in [6.07, 6.45) is 1.61. The number of carbonyl (C=O) groups is 1. The van der Waals surface area contributed by atoms with Crippen molar-refractivity contribution in [1.29, 1.82) is 0 Å². The first-order chi connectivity index (χ1) is 6.77. The van der Waals surface area contributed by atoms with Gasteiger partial charge in [-0.15, -0.1) is 0 Å². The van der Waals surface area contributed by atoms with Gasteiger partial charge in [0.1, 0.15) is 0 Å². The lowest BCUT2D eigenvalue weighted by Gasteiger charge is -2.30. The van der Waals surface area contributed by atoms with Crippen molar-refractivity contribution in [2.24, 2.45) is 5.92 Å². The smallest absolute Gasteiger partial charge is 0.306 e. The number of methoxy groups -OCH3 is 1. The number of hydrogen-bond acceptors (Lipinski definition) is 4. The van der Waals surface area contributed by atoms with Gasteiger partial charge in [0.2, 0.25) is 0 Å². The SMILES string of the molecule is CCOC(=O)CC1CCNCC1OC. The Hall–Kier alpha value is -0.610. The molecule has 2 atom stereocenters. The molecule has 1 aliphatic rings. The van der Waals surface area contributed by atoms with Crippen LogP contribution in [0.1, 0.15) is 19.8 Å². The van der Waals surface area contributed by atoms with E-state index in [2.05, 4.69) is 5.32 Å². The van der Waals surface area contributed by atoms with Crippen LogP contribution in [0.15, 0.2) is 0 Å². The summed E-state index contributed by atoms with van der Waals surface area (Å²) < 4.78 is 10.2. The van der Waals surface area contributed by atoms with E-state index in [1.807, 2.05) is 6.92 Å². The maximum absolute atomic E-state index is 11.3. The molecule has 1 N–H and O–H groups in total. The molecule has 0 aromatic heterocycles. The van der Waals surface area contributed by atoms with Gasteiger partial charge in [0.15, 0.2) is 0 Å². The summed E-state index contributed by atoms with van der Waals surface area (Å²) in [5, 5.41) is 3.24.